The smallest absolute Gasteiger partial charge is 0.230 e. The van der Waals surface area contributed by atoms with Gasteiger partial charge in [-0.15, -0.1) is 11.8 Å². The van der Waals surface area contributed by atoms with E-state index in [2.05, 4.69) is 38.4 Å². The Morgan fingerprint density at radius 2 is 1.60 bits per heavy atom. The molecule has 0 spiro atoms. The number of nitrogens with one attached hydrogen (secondary N) is 3. The first-order chi connectivity index (χ1) is 14.6. The lowest BCUT2D eigenvalue weighted by Gasteiger charge is -2.17. The molecule has 3 N–H and O–H groups in total. The SMILES string of the molecule is CSCCC(NC(=O)CSC(C)c1nc2ccccc2[nH]1)c1nc2ccccc2[nH]1. The van der Waals surface area contributed by atoms with Gasteiger partial charge < -0.3 is 15.3 Å². The predicted octanol–water partition coefficient (Wildman–Crippen LogP) is 4.84. The first-order valence-corrected chi connectivity index (χ1v) is 12.4. The molecule has 0 radical (unpaired) electrons. The van der Waals surface area contributed by atoms with Crippen LogP contribution in [0.15, 0.2) is 48.5 Å². The van der Waals surface area contributed by atoms with Crippen molar-refractivity contribution in [3.8, 4) is 0 Å². The predicted molar refractivity (Wildman–Crippen MR) is 127 cm³/mol. The highest BCUT2D eigenvalue weighted by Gasteiger charge is 2.19. The number of nitrogens with zero attached hydrogens (tertiary/aromatic N) is 2. The lowest BCUT2D eigenvalue weighted by atomic mass is 10.2. The van der Waals surface area contributed by atoms with Gasteiger partial charge in [0.2, 0.25) is 5.91 Å². The fourth-order valence-electron chi connectivity index (χ4n) is 3.33. The molecular weight excluding hydrogens is 414 g/mol. The van der Waals surface area contributed by atoms with Crippen LogP contribution < -0.4 is 5.32 Å². The van der Waals surface area contributed by atoms with Crippen molar-refractivity contribution >= 4 is 51.5 Å². The summed E-state index contributed by atoms with van der Waals surface area (Å²) >= 11 is 3.34. The van der Waals surface area contributed by atoms with Crippen molar-refractivity contribution < 1.29 is 4.79 Å². The van der Waals surface area contributed by atoms with E-state index in [-0.39, 0.29) is 17.2 Å². The van der Waals surface area contributed by atoms with Crippen LogP contribution in [0.25, 0.3) is 22.1 Å². The van der Waals surface area contributed by atoms with Crippen molar-refractivity contribution in [2.45, 2.75) is 24.6 Å². The summed E-state index contributed by atoms with van der Waals surface area (Å²) in [6.07, 6.45) is 2.90. The van der Waals surface area contributed by atoms with E-state index in [1.165, 1.54) is 0 Å². The first-order valence-electron chi connectivity index (χ1n) is 9.93. The Balaban J connectivity index is 1.39. The van der Waals surface area contributed by atoms with E-state index in [1.54, 1.807) is 23.5 Å². The number of carbonyl (C=O) groups excluding carboxylic acids is 1. The number of para-hydroxylation sites is 4. The molecule has 2 aromatic carbocycles. The van der Waals surface area contributed by atoms with Gasteiger partial charge in [0.05, 0.1) is 39.1 Å². The zero-order valence-electron chi connectivity index (χ0n) is 17.0. The fraction of sp³-hybridized carbons (Fsp3) is 0.318. The zero-order chi connectivity index (χ0) is 20.9. The number of aromatic nitrogens is 4. The Hall–Kier alpha value is -2.45. The van der Waals surface area contributed by atoms with E-state index in [0.29, 0.717) is 5.75 Å². The summed E-state index contributed by atoms with van der Waals surface area (Å²) < 4.78 is 0. The summed E-state index contributed by atoms with van der Waals surface area (Å²) in [6, 6.07) is 15.8. The lowest BCUT2D eigenvalue weighted by molar-refractivity contribution is -0.119. The molecule has 0 fully saturated rings. The molecule has 0 bridgehead atoms. The van der Waals surface area contributed by atoms with Crippen molar-refractivity contribution in [2.24, 2.45) is 0 Å². The van der Waals surface area contributed by atoms with Crippen molar-refractivity contribution in [3.05, 3.63) is 60.2 Å². The van der Waals surface area contributed by atoms with Gasteiger partial charge in [-0.05, 0) is 49.6 Å². The number of hydrogen-bond acceptors (Lipinski definition) is 5. The molecule has 0 saturated carbocycles. The summed E-state index contributed by atoms with van der Waals surface area (Å²) in [5, 5.41) is 3.26. The number of fused-ring (bicyclic) bond motifs is 2. The summed E-state index contributed by atoms with van der Waals surface area (Å²) in [6.45, 7) is 2.07. The fourth-order valence-corrected chi connectivity index (χ4v) is 4.56. The van der Waals surface area contributed by atoms with Gasteiger partial charge in [0.25, 0.3) is 0 Å². The van der Waals surface area contributed by atoms with Crippen molar-refractivity contribution in [2.75, 3.05) is 17.8 Å². The van der Waals surface area contributed by atoms with Gasteiger partial charge in [-0.25, -0.2) is 9.97 Å². The van der Waals surface area contributed by atoms with Gasteiger partial charge in [0.15, 0.2) is 0 Å². The number of hydrogen-bond donors (Lipinski definition) is 3. The molecule has 1 amide bonds. The van der Waals surface area contributed by atoms with Gasteiger partial charge >= 0.3 is 0 Å². The Bertz CT molecular complexity index is 1070. The van der Waals surface area contributed by atoms with Gasteiger partial charge in [0, 0.05) is 0 Å². The monoisotopic (exact) mass is 439 g/mol. The van der Waals surface area contributed by atoms with E-state index in [9.17, 15) is 4.79 Å². The molecule has 6 nitrogen and oxygen atoms in total. The van der Waals surface area contributed by atoms with Crippen molar-refractivity contribution in [1.82, 2.24) is 25.3 Å². The molecule has 2 aromatic heterocycles. The second-order valence-electron chi connectivity index (χ2n) is 7.13. The Morgan fingerprint density at radius 1 is 1.00 bits per heavy atom. The molecular formula is C22H25N5OS2. The van der Waals surface area contributed by atoms with E-state index in [1.807, 2.05) is 48.5 Å². The number of rotatable bonds is 9. The molecule has 4 rings (SSSR count). The highest BCUT2D eigenvalue weighted by Crippen LogP contribution is 2.28. The van der Waals surface area contributed by atoms with Gasteiger partial charge in [0.1, 0.15) is 11.6 Å². The topological polar surface area (TPSA) is 86.5 Å². The van der Waals surface area contributed by atoms with Crippen LogP contribution in [0, 0.1) is 0 Å². The second kappa shape index (κ2) is 9.57. The number of aromatic amines is 2. The lowest BCUT2D eigenvalue weighted by Crippen LogP contribution is -2.31. The van der Waals surface area contributed by atoms with Crippen LogP contribution in [-0.4, -0.2) is 43.6 Å². The van der Waals surface area contributed by atoms with Crippen molar-refractivity contribution in [3.63, 3.8) is 0 Å². The number of carbonyl (C=O) groups is 1. The number of imidazole rings is 2. The molecule has 0 saturated heterocycles. The summed E-state index contributed by atoms with van der Waals surface area (Å²) in [4.78, 5) is 28.7. The molecule has 4 aromatic rings. The number of benzene rings is 2. The first kappa shape index (κ1) is 20.8. The highest BCUT2D eigenvalue weighted by molar-refractivity contribution is 8.00. The quantitative estimate of drug-likeness (QED) is 0.347. The Kier molecular flexibility index (Phi) is 6.64. The molecule has 0 aliphatic rings. The third-order valence-electron chi connectivity index (χ3n) is 4.94. The summed E-state index contributed by atoms with van der Waals surface area (Å²) in [5.74, 6) is 3.03. The zero-order valence-corrected chi connectivity index (χ0v) is 18.6. The molecule has 2 heterocycles. The molecule has 0 aliphatic heterocycles. The molecule has 30 heavy (non-hydrogen) atoms. The van der Waals surface area contributed by atoms with Crippen LogP contribution in [0.3, 0.4) is 0 Å². The third-order valence-corrected chi connectivity index (χ3v) is 6.74. The standard InChI is InChI=1S/C22H25N5OS2/c1-14(21-24-15-7-3-4-8-16(15)25-21)30-13-20(28)23-19(11-12-29-2)22-26-17-9-5-6-10-18(17)27-22/h3-10,14,19H,11-13H2,1-2H3,(H,23,28)(H,24,25)(H,26,27). The van der Waals surface area contributed by atoms with Crippen LogP contribution in [0.1, 0.15) is 36.3 Å². The normalized spacial score (nSPS) is 13.5. The molecule has 156 valence electrons. The van der Waals surface area contributed by atoms with E-state index >= 15 is 0 Å². The minimum Gasteiger partial charge on any atom is -0.345 e. The maximum atomic E-state index is 12.7. The largest absolute Gasteiger partial charge is 0.345 e. The number of thioether (sulfide) groups is 2. The maximum absolute atomic E-state index is 12.7. The Morgan fingerprint density at radius 3 is 2.23 bits per heavy atom. The number of amides is 1. The van der Waals surface area contributed by atoms with Crippen molar-refractivity contribution in [1.29, 1.82) is 0 Å². The molecule has 8 heteroatoms. The van der Waals surface area contributed by atoms with Crippen LogP contribution in [0.4, 0.5) is 0 Å². The van der Waals surface area contributed by atoms with Gasteiger partial charge in [-0.1, -0.05) is 24.3 Å². The minimum absolute atomic E-state index is 0.00882. The van der Waals surface area contributed by atoms with Gasteiger partial charge in [-0.2, -0.15) is 11.8 Å². The van der Waals surface area contributed by atoms with E-state index in [4.69, 9.17) is 0 Å². The maximum Gasteiger partial charge on any atom is 0.230 e. The van der Waals surface area contributed by atoms with Crippen LogP contribution in [0.5, 0.6) is 0 Å². The number of H-pyrrole nitrogens is 2. The molecule has 2 unspecified atom stereocenters. The molecule has 0 aliphatic carbocycles. The van der Waals surface area contributed by atoms with Crippen LogP contribution >= 0.6 is 23.5 Å². The average molecular weight is 440 g/mol. The van der Waals surface area contributed by atoms with Crippen LogP contribution in [0.2, 0.25) is 0 Å². The molecule has 2 atom stereocenters. The summed E-state index contributed by atoms with van der Waals surface area (Å²) in [7, 11) is 0. The van der Waals surface area contributed by atoms with Gasteiger partial charge in [-0.3, -0.25) is 4.79 Å². The second-order valence-corrected chi connectivity index (χ2v) is 9.45. The third kappa shape index (κ3) is 4.82. The van der Waals surface area contributed by atoms with E-state index < -0.39 is 0 Å². The summed E-state index contributed by atoms with van der Waals surface area (Å²) in [5.41, 5.74) is 3.88. The minimum atomic E-state index is -0.126. The Labute approximate surface area is 184 Å². The highest BCUT2D eigenvalue weighted by atomic mass is 32.2. The van der Waals surface area contributed by atoms with E-state index in [0.717, 1.165) is 45.9 Å². The average Bonchev–Trinajstić information content (AvgIpc) is 3.39. The van der Waals surface area contributed by atoms with Crippen LogP contribution in [-0.2, 0) is 4.79 Å².